The molecule has 2 aromatic rings. The van der Waals surface area contributed by atoms with Crippen LogP contribution in [0.25, 0.3) is 5.69 Å². The number of nitrogens with one attached hydrogen (secondary N) is 1. The molecule has 5 nitrogen and oxygen atoms in total. The zero-order valence-corrected chi connectivity index (χ0v) is 12.0. The third-order valence-corrected chi connectivity index (χ3v) is 3.15. The number of carbonyl (C=O) groups excluding carboxylic acids is 1. The fourth-order valence-electron chi connectivity index (χ4n) is 2.08. The van der Waals surface area contributed by atoms with Crippen molar-refractivity contribution in [2.45, 2.75) is 25.7 Å². The average molecular weight is 284 g/mol. The van der Waals surface area contributed by atoms with Gasteiger partial charge in [0.05, 0.1) is 0 Å². The van der Waals surface area contributed by atoms with Gasteiger partial charge in [-0.25, -0.2) is 0 Å². The van der Waals surface area contributed by atoms with E-state index in [1.807, 2.05) is 34.9 Å². The molecule has 1 amide bonds. The van der Waals surface area contributed by atoms with Crippen LogP contribution in [0.3, 0.4) is 0 Å². The van der Waals surface area contributed by atoms with Gasteiger partial charge < -0.3 is 5.32 Å². The van der Waals surface area contributed by atoms with Crippen molar-refractivity contribution < 1.29 is 4.79 Å². The highest BCUT2D eigenvalue weighted by Gasteiger charge is 2.06. The van der Waals surface area contributed by atoms with Gasteiger partial charge in [0.15, 0.2) is 0 Å². The number of nitrogens with zero attached hydrogens (tertiary/aromatic N) is 3. The maximum atomic E-state index is 11.5. The van der Waals surface area contributed by atoms with Gasteiger partial charge in [-0.15, -0.1) is 16.8 Å². The van der Waals surface area contributed by atoms with E-state index in [9.17, 15) is 4.79 Å². The highest BCUT2D eigenvalue weighted by molar-refractivity contribution is 5.75. The summed E-state index contributed by atoms with van der Waals surface area (Å²) in [6.45, 7) is 4.10. The van der Waals surface area contributed by atoms with Crippen LogP contribution in [0.1, 0.15) is 25.1 Å². The van der Waals surface area contributed by atoms with Crippen molar-refractivity contribution in [1.29, 1.82) is 0 Å². The molecule has 110 valence electrons. The Morgan fingerprint density at radius 1 is 1.29 bits per heavy atom. The van der Waals surface area contributed by atoms with Crippen molar-refractivity contribution in [2.24, 2.45) is 0 Å². The van der Waals surface area contributed by atoms with Gasteiger partial charge in [0.2, 0.25) is 5.91 Å². The summed E-state index contributed by atoms with van der Waals surface area (Å²) >= 11 is 0. The lowest BCUT2D eigenvalue weighted by Gasteiger charge is -2.06. The topological polar surface area (TPSA) is 59.8 Å². The number of para-hydroxylation sites is 1. The molecule has 0 aliphatic rings. The zero-order valence-electron chi connectivity index (χ0n) is 12.0. The van der Waals surface area contributed by atoms with E-state index in [0.717, 1.165) is 30.8 Å². The highest BCUT2D eigenvalue weighted by atomic mass is 16.1. The molecule has 0 saturated heterocycles. The summed E-state index contributed by atoms with van der Waals surface area (Å²) in [4.78, 5) is 11.5. The van der Waals surface area contributed by atoms with Crippen molar-refractivity contribution in [2.75, 3.05) is 6.54 Å². The Balaban J connectivity index is 1.81. The molecule has 0 atom stereocenters. The standard InChI is InChI=1S/C16H20N4O/c1-2-12-17-16(21)11-7-6-10-15-19-18-13-20(15)14-8-4-3-5-9-14/h2-5,8-9,13H,1,6-7,10-12H2,(H,17,21). The first-order valence-corrected chi connectivity index (χ1v) is 7.13. The fourth-order valence-corrected chi connectivity index (χ4v) is 2.08. The predicted molar refractivity (Wildman–Crippen MR) is 82.1 cm³/mol. The molecule has 0 spiro atoms. The summed E-state index contributed by atoms with van der Waals surface area (Å²) < 4.78 is 1.98. The Kier molecular flexibility index (Phi) is 5.70. The monoisotopic (exact) mass is 284 g/mol. The molecule has 5 heteroatoms. The first-order chi connectivity index (χ1) is 10.3. The van der Waals surface area contributed by atoms with E-state index in [2.05, 4.69) is 22.1 Å². The third kappa shape index (κ3) is 4.56. The Morgan fingerprint density at radius 2 is 2.10 bits per heavy atom. The smallest absolute Gasteiger partial charge is 0.220 e. The molecule has 1 aromatic heterocycles. The summed E-state index contributed by atoms with van der Waals surface area (Å²) in [7, 11) is 0. The van der Waals surface area contributed by atoms with Crippen molar-refractivity contribution in [3.63, 3.8) is 0 Å². The number of hydrogen-bond acceptors (Lipinski definition) is 3. The quantitative estimate of drug-likeness (QED) is 0.597. The van der Waals surface area contributed by atoms with Gasteiger partial charge in [-0.1, -0.05) is 24.3 Å². The largest absolute Gasteiger partial charge is 0.353 e. The first-order valence-electron chi connectivity index (χ1n) is 7.13. The SMILES string of the molecule is C=CCNC(=O)CCCCc1nncn1-c1ccccc1. The van der Waals surface area contributed by atoms with Gasteiger partial charge >= 0.3 is 0 Å². The lowest BCUT2D eigenvalue weighted by molar-refractivity contribution is -0.121. The molecule has 1 N–H and O–H groups in total. The summed E-state index contributed by atoms with van der Waals surface area (Å²) in [6.07, 6.45) is 6.50. The second kappa shape index (κ2) is 7.99. The van der Waals surface area contributed by atoms with Crippen LogP contribution in [-0.2, 0) is 11.2 Å². The van der Waals surface area contributed by atoms with Crippen LogP contribution < -0.4 is 5.32 Å². The summed E-state index contributed by atoms with van der Waals surface area (Å²) in [6, 6.07) is 10.0. The summed E-state index contributed by atoms with van der Waals surface area (Å²) in [5.41, 5.74) is 1.06. The number of aromatic nitrogens is 3. The Hall–Kier alpha value is -2.43. The van der Waals surface area contributed by atoms with Crippen molar-refractivity contribution in [3.8, 4) is 5.69 Å². The van der Waals surface area contributed by atoms with Crippen LogP contribution in [0.2, 0.25) is 0 Å². The minimum atomic E-state index is 0.0689. The van der Waals surface area contributed by atoms with Gasteiger partial charge in [0, 0.05) is 25.1 Å². The van der Waals surface area contributed by atoms with E-state index in [0.29, 0.717) is 13.0 Å². The molecule has 1 aromatic carbocycles. The Bertz CT molecular complexity index is 577. The Labute approximate surface area is 124 Å². The minimum Gasteiger partial charge on any atom is -0.353 e. The minimum absolute atomic E-state index is 0.0689. The third-order valence-electron chi connectivity index (χ3n) is 3.15. The van der Waals surface area contributed by atoms with Gasteiger partial charge in [-0.2, -0.15) is 0 Å². The second-order valence-electron chi connectivity index (χ2n) is 4.75. The molecule has 0 aliphatic heterocycles. The molecular weight excluding hydrogens is 264 g/mol. The van der Waals surface area contributed by atoms with Crippen molar-refractivity contribution >= 4 is 5.91 Å². The molecular formula is C16H20N4O. The van der Waals surface area contributed by atoms with Crippen LogP contribution in [0, 0.1) is 0 Å². The molecule has 21 heavy (non-hydrogen) atoms. The number of rotatable bonds is 8. The maximum absolute atomic E-state index is 11.5. The number of benzene rings is 1. The van der Waals surface area contributed by atoms with E-state index < -0.39 is 0 Å². The van der Waals surface area contributed by atoms with Crippen LogP contribution in [0.15, 0.2) is 49.3 Å². The summed E-state index contributed by atoms with van der Waals surface area (Å²) in [5, 5.41) is 10.9. The lowest BCUT2D eigenvalue weighted by Crippen LogP contribution is -2.22. The predicted octanol–water partition coefficient (Wildman–Crippen LogP) is 2.28. The Morgan fingerprint density at radius 3 is 2.86 bits per heavy atom. The molecule has 0 bridgehead atoms. The van der Waals surface area contributed by atoms with Crippen LogP contribution in [0.5, 0.6) is 0 Å². The van der Waals surface area contributed by atoms with E-state index in [-0.39, 0.29) is 5.91 Å². The van der Waals surface area contributed by atoms with E-state index >= 15 is 0 Å². The molecule has 0 unspecified atom stereocenters. The van der Waals surface area contributed by atoms with Crippen LogP contribution in [-0.4, -0.2) is 27.2 Å². The molecule has 0 saturated carbocycles. The number of unbranched alkanes of at least 4 members (excludes halogenated alkanes) is 1. The molecule has 1 heterocycles. The lowest BCUT2D eigenvalue weighted by atomic mass is 10.1. The second-order valence-corrected chi connectivity index (χ2v) is 4.75. The van der Waals surface area contributed by atoms with E-state index in [4.69, 9.17) is 0 Å². The number of aryl methyl sites for hydroxylation is 1. The molecule has 2 rings (SSSR count). The van der Waals surface area contributed by atoms with E-state index in [1.54, 1.807) is 12.4 Å². The maximum Gasteiger partial charge on any atom is 0.220 e. The van der Waals surface area contributed by atoms with Gasteiger partial charge in [-0.05, 0) is 25.0 Å². The number of hydrogen-bond donors (Lipinski definition) is 1. The van der Waals surface area contributed by atoms with E-state index in [1.165, 1.54) is 0 Å². The number of carbonyl (C=O) groups is 1. The first kappa shape index (κ1) is 15.0. The fraction of sp³-hybridized carbons (Fsp3) is 0.312. The average Bonchev–Trinajstić information content (AvgIpc) is 2.99. The summed E-state index contributed by atoms with van der Waals surface area (Å²) in [5.74, 6) is 0.993. The van der Waals surface area contributed by atoms with Crippen LogP contribution in [0.4, 0.5) is 0 Å². The molecule has 0 aliphatic carbocycles. The van der Waals surface area contributed by atoms with Crippen LogP contribution >= 0.6 is 0 Å². The van der Waals surface area contributed by atoms with Crippen molar-refractivity contribution in [3.05, 3.63) is 55.1 Å². The normalized spacial score (nSPS) is 10.3. The molecule has 0 fully saturated rings. The highest BCUT2D eigenvalue weighted by Crippen LogP contribution is 2.11. The zero-order chi connectivity index (χ0) is 14.9. The molecule has 0 radical (unpaired) electrons. The van der Waals surface area contributed by atoms with Crippen molar-refractivity contribution in [1.82, 2.24) is 20.1 Å². The van der Waals surface area contributed by atoms with Gasteiger partial charge in [-0.3, -0.25) is 9.36 Å². The van der Waals surface area contributed by atoms with Gasteiger partial charge in [0.25, 0.3) is 0 Å². The number of amides is 1. The van der Waals surface area contributed by atoms with Gasteiger partial charge in [0.1, 0.15) is 12.2 Å².